The zero-order chi connectivity index (χ0) is 20.9. The van der Waals surface area contributed by atoms with E-state index in [1.807, 2.05) is 6.92 Å². The fourth-order valence-corrected chi connectivity index (χ4v) is 5.74. The second-order valence-electron chi connectivity index (χ2n) is 6.23. The van der Waals surface area contributed by atoms with Crippen LogP contribution in [-0.2, 0) is 23.1 Å². The molecule has 0 saturated carbocycles. The van der Waals surface area contributed by atoms with Crippen LogP contribution < -0.4 is 0 Å². The van der Waals surface area contributed by atoms with E-state index in [2.05, 4.69) is 0 Å². The number of carbonyl (C=O) groups is 3. The molecule has 1 aromatic rings. The molecule has 0 spiro atoms. The Morgan fingerprint density at radius 1 is 1.04 bits per heavy atom. The van der Waals surface area contributed by atoms with Gasteiger partial charge in [-0.3, -0.25) is 19.1 Å². The average Bonchev–Trinajstić information content (AvgIpc) is 2.93. The molecule has 0 radical (unpaired) electrons. The van der Waals surface area contributed by atoms with Gasteiger partial charge in [-0.2, -0.15) is 0 Å². The number of ether oxygens (including phenoxy) is 1. The topological polar surface area (TPSA) is 99.2 Å². The van der Waals surface area contributed by atoms with Crippen molar-refractivity contribution in [3.05, 3.63) is 35.4 Å². The van der Waals surface area contributed by atoms with Crippen LogP contribution in [0.15, 0.2) is 24.3 Å². The van der Waals surface area contributed by atoms with E-state index in [9.17, 15) is 18.9 Å². The van der Waals surface area contributed by atoms with Gasteiger partial charge in [0.1, 0.15) is 0 Å². The highest BCUT2D eigenvalue weighted by molar-refractivity contribution is 7.54. The Labute approximate surface area is 164 Å². The third kappa shape index (κ3) is 4.04. The molecule has 1 aliphatic heterocycles. The molecule has 28 heavy (non-hydrogen) atoms. The minimum atomic E-state index is -3.82. The van der Waals surface area contributed by atoms with E-state index in [1.54, 1.807) is 26.0 Å². The zero-order valence-electron chi connectivity index (χ0n) is 16.5. The van der Waals surface area contributed by atoms with Crippen molar-refractivity contribution in [2.75, 3.05) is 20.3 Å². The van der Waals surface area contributed by atoms with Crippen molar-refractivity contribution in [2.45, 2.75) is 45.3 Å². The molecule has 0 N–H and O–H groups in total. The first-order valence-electron chi connectivity index (χ1n) is 9.29. The maximum Gasteiger partial charge on any atom is 0.336 e. The molecule has 0 fully saturated rings. The van der Waals surface area contributed by atoms with Gasteiger partial charge in [0.15, 0.2) is 6.04 Å². The SMILES string of the molecule is CCCC(C(C(=O)OC)N1C(=O)c2ccccc2C1=O)P(=O)(OCC)OCC. The van der Waals surface area contributed by atoms with Crippen molar-refractivity contribution in [1.82, 2.24) is 4.90 Å². The number of fused-ring (bicyclic) bond motifs is 1. The van der Waals surface area contributed by atoms with Gasteiger partial charge in [0, 0.05) is 0 Å². The van der Waals surface area contributed by atoms with Gasteiger partial charge in [0.25, 0.3) is 11.8 Å². The van der Waals surface area contributed by atoms with Gasteiger partial charge in [-0.15, -0.1) is 0 Å². The Kier molecular flexibility index (Phi) is 7.52. The second kappa shape index (κ2) is 9.45. The molecule has 2 rings (SSSR count). The molecule has 2 unspecified atom stereocenters. The van der Waals surface area contributed by atoms with Crippen molar-refractivity contribution >= 4 is 25.4 Å². The number of rotatable bonds is 10. The van der Waals surface area contributed by atoms with Crippen LogP contribution in [0.25, 0.3) is 0 Å². The van der Waals surface area contributed by atoms with Crippen LogP contribution in [0.3, 0.4) is 0 Å². The van der Waals surface area contributed by atoms with E-state index >= 15 is 0 Å². The molecule has 0 bridgehead atoms. The molecule has 1 heterocycles. The second-order valence-corrected chi connectivity index (χ2v) is 8.48. The summed E-state index contributed by atoms with van der Waals surface area (Å²) in [5.74, 6) is -2.10. The van der Waals surface area contributed by atoms with Crippen LogP contribution in [0.1, 0.15) is 54.3 Å². The summed E-state index contributed by atoms with van der Waals surface area (Å²) < 4.78 is 29.3. The molecule has 154 valence electrons. The normalized spacial score (nSPS) is 16.1. The molecule has 0 aliphatic carbocycles. The minimum Gasteiger partial charge on any atom is -0.467 e. The highest BCUT2D eigenvalue weighted by Gasteiger charge is 2.52. The lowest BCUT2D eigenvalue weighted by Gasteiger charge is -2.34. The Bertz CT molecular complexity index is 749. The van der Waals surface area contributed by atoms with Crippen LogP contribution in [-0.4, -0.2) is 54.7 Å². The van der Waals surface area contributed by atoms with E-state index < -0.39 is 37.1 Å². The highest BCUT2D eigenvalue weighted by Crippen LogP contribution is 2.57. The number of hydrogen-bond donors (Lipinski definition) is 0. The van der Waals surface area contributed by atoms with Crippen molar-refractivity contribution in [3.63, 3.8) is 0 Å². The maximum atomic E-state index is 13.5. The Morgan fingerprint density at radius 3 is 1.93 bits per heavy atom. The molecule has 1 aromatic carbocycles. The summed E-state index contributed by atoms with van der Waals surface area (Å²) in [4.78, 5) is 39.4. The number of nitrogens with zero attached hydrogens (tertiary/aromatic N) is 1. The van der Waals surface area contributed by atoms with Crippen LogP contribution in [0.2, 0.25) is 0 Å². The molecule has 0 saturated heterocycles. The van der Waals surface area contributed by atoms with Gasteiger partial charge in [0.05, 0.1) is 37.1 Å². The Balaban J connectivity index is 2.58. The smallest absolute Gasteiger partial charge is 0.336 e. The molecule has 9 heteroatoms. The molecule has 2 atom stereocenters. The molecule has 1 aliphatic rings. The molecule has 0 aromatic heterocycles. The van der Waals surface area contributed by atoms with Crippen molar-refractivity contribution < 1.29 is 32.7 Å². The van der Waals surface area contributed by atoms with Gasteiger partial charge in [-0.1, -0.05) is 25.5 Å². The summed E-state index contributed by atoms with van der Waals surface area (Å²) in [7, 11) is -2.66. The van der Waals surface area contributed by atoms with E-state index in [0.29, 0.717) is 6.42 Å². The number of benzene rings is 1. The van der Waals surface area contributed by atoms with Crippen LogP contribution in [0.5, 0.6) is 0 Å². The van der Waals surface area contributed by atoms with Crippen molar-refractivity contribution in [2.24, 2.45) is 0 Å². The number of carbonyl (C=O) groups excluding carboxylic acids is 3. The van der Waals surface area contributed by atoms with Gasteiger partial charge in [-0.05, 0) is 32.4 Å². The minimum absolute atomic E-state index is 0.0908. The van der Waals surface area contributed by atoms with Gasteiger partial charge in [-0.25, -0.2) is 4.79 Å². The lowest BCUT2D eigenvalue weighted by molar-refractivity contribution is -0.145. The molecular weight excluding hydrogens is 385 g/mol. The molecular formula is C19H26NO7P. The van der Waals surface area contributed by atoms with Crippen molar-refractivity contribution in [3.8, 4) is 0 Å². The third-order valence-electron chi connectivity index (χ3n) is 4.52. The first-order chi connectivity index (χ1) is 13.4. The van der Waals surface area contributed by atoms with E-state index in [0.717, 1.165) is 12.0 Å². The number of amides is 2. The average molecular weight is 411 g/mol. The number of esters is 1. The predicted molar refractivity (Wildman–Crippen MR) is 102 cm³/mol. The first kappa shape index (κ1) is 22.3. The van der Waals surface area contributed by atoms with Gasteiger partial charge >= 0.3 is 13.6 Å². The van der Waals surface area contributed by atoms with Crippen LogP contribution in [0.4, 0.5) is 0 Å². The summed E-state index contributed by atoms with van der Waals surface area (Å²) in [6.07, 6.45) is 0.774. The zero-order valence-corrected chi connectivity index (χ0v) is 17.4. The van der Waals surface area contributed by atoms with Gasteiger partial charge in [0.2, 0.25) is 0 Å². The quantitative estimate of drug-likeness (QED) is 0.331. The van der Waals surface area contributed by atoms with Crippen molar-refractivity contribution in [1.29, 1.82) is 0 Å². The van der Waals surface area contributed by atoms with Crippen LogP contribution >= 0.6 is 7.60 Å². The summed E-state index contributed by atoms with van der Waals surface area (Å²) >= 11 is 0. The first-order valence-corrected chi connectivity index (χ1v) is 10.9. The van der Waals surface area contributed by atoms with E-state index in [-0.39, 0.29) is 30.8 Å². The molecule has 2 amide bonds. The monoisotopic (exact) mass is 411 g/mol. The predicted octanol–water partition coefficient (Wildman–Crippen LogP) is 3.26. The maximum absolute atomic E-state index is 13.5. The Morgan fingerprint density at radius 2 is 1.54 bits per heavy atom. The lowest BCUT2D eigenvalue weighted by atomic mass is 10.1. The Hall–Kier alpha value is -2.02. The summed E-state index contributed by atoms with van der Waals surface area (Å²) in [5, 5.41) is 0. The fraction of sp³-hybridized carbons (Fsp3) is 0.526. The van der Waals surface area contributed by atoms with Gasteiger partial charge < -0.3 is 13.8 Å². The van der Waals surface area contributed by atoms with E-state index in [4.69, 9.17) is 13.8 Å². The summed E-state index contributed by atoms with van der Waals surface area (Å²) in [6.45, 7) is 5.33. The summed E-state index contributed by atoms with van der Waals surface area (Å²) in [6, 6.07) is 4.89. The molecule has 8 nitrogen and oxygen atoms in total. The summed E-state index contributed by atoms with van der Waals surface area (Å²) in [5.41, 5.74) is -0.648. The highest BCUT2D eigenvalue weighted by atomic mass is 31.2. The third-order valence-corrected chi connectivity index (χ3v) is 7.11. The van der Waals surface area contributed by atoms with Crippen LogP contribution in [0, 0.1) is 0 Å². The number of methoxy groups -OCH3 is 1. The number of hydrogen-bond acceptors (Lipinski definition) is 7. The number of imide groups is 1. The standard InChI is InChI=1S/C19H26NO7P/c1-5-10-15(28(24,26-6-2)27-7-3)16(19(23)25-4)20-17(21)13-11-8-9-12-14(13)18(20)22/h8-9,11-12,15-16H,5-7,10H2,1-4H3. The lowest BCUT2D eigenvalue weighted by Crippen LogP contribution is -2.52. The largest absolute Gasteiger partial charge is 0.467 e. The fourth-order valence-electron chi connectivity index (χ4n) is 3.39. The van der Waals surface area contributed by atoms with E-state index in [1.165, 1.54) is 12.1 Å².